The van der Waals surface area contributed by atoms with E-state index in [0.29, 0.717) is 0 Å². The van der Waals surface area contributed by atoms with Crippen LogP contribution in [0.25, 0.3) is 110 Å². The maximum absolute atomic E-state index is 2.72. The molecule has 0 spiro atoms. The van der Waals surface area contributed by atoms with Crippen LogP contribution < -0.4 is 9.80 Å². The van der Waals surface area contributed by atoms with E-state index in [1.54, 1.807) is 0 Å². The molecule has 16 aromatic rings. The quantitative estimate of drug-likeness (QED) is 0.113. The molecule has 0 saturated heterocycles. The molecule has 0 amide bonds. The summed E-state index contributed by atoms with van der Waals surface area (Å²) in [6.45, 7) is 9.62. The summed E-state index contributed by atoms with van der Waals surface area (Å²) in [5.74, 6) is 0.458. The minimum Gasteiger partial charge on any atom is -0.309 e. The Labute approximate surface area is 550 Å². The summed E-state index contributed by atoms with van der Waals surface area (Å²) >= 11 is 0. The van der Waals surface area contributed by atoms with Crippen LogP contribution in [0, 0.1) is 0 Å². The summed E-state index contributed by atoms with van der Waals surface area (Å²) in [4.78, 5) is 5.44. The fraction of sp³-hybridized carbons (Fsp3) is 0.156. The fourth-order valence-corrected chi connectivity index (χ4v) is 16.9. The van der Waals surface area contributed by atoms with Gasteiger partial charge in [-0.3, -0.25) is 0 Å². The number of para-hydroxylation sites is 2. The monoisotopic (exact) mass is 1210 g/mol. The molecule has 0 saturated carbocycles. The summed E-state index contributed by atoms with van der Waals surface area (Å²) in [6, 6.07) is 102. The van der Waals surface area contributed by atoms with Crippen LogP contribution in [0.1, 0.15) is 98.6 Å². The third-order valence-electron chi connectivity index (χ3n) is 21.2. The molecule has 0 radical (unpaired) electrons. The van der Waals surface area contributed by atoms with E-state index in [1.807, 2.05) is 0 Å². The summed E-state index contributed by atoms with van der Waals surface area (Å²) in [6.07, 6.45) is 9.04. The van der Waals surface area contributed by atoms with Gasteiger partial charge in [-0.2, -0.15) is 0 Å². The molecule has 0 aliphatic heterocycles. The van der Waals surface area contributed by atoms with E-state index in [1.165, 1.54) is 191 Å². The van der Waals surface area contributed by atoms with Gasteiger partial charge in [0.2, 0.25) is 0 Å². The Balaban J connectivity index is 0.915. The highest BCUT2D eigenvalue weighted by Crippen LogP contribution is 2.55. The molecule has 94 heavy (non-hydrogen) atoms. The van der Waals surface area contributed by atoms with Crippen LogP contribution in [0.4, 0.5) is 34.1 Å². The van der Waals surface area contributed by atoms with Crippen molar-refractivity contribution in [1.82, 2.24) is 9.13 Å². The van der Waals surface area contributed by atoms with Gasteiger partial charge < -0.3 is 18.9 Å². The Hall–Kier alpha value is -10.7. The van der Waals surface area contributed by atoms with Gasteiger partial charge in [-0.15, -0.1) is 0 Å². The van der Waals surface area contributed by atoms with Crippen molar-refractivity contribution in [3.05, 3.63) is 300 Å². The van der Waals surface area contributed by atoms with E-state index in [0.717, 1.165) is 37.1 Å². The van der Waals surface area contributed by atoms with Gasteiger partial charge >= 0.3 is 0 Å². The molecule has 2 aliphatic rings. The van der Waals surface area contributed by atoms with Crippen molar-refractivity contribution < 1.29 is 0 Å². The van der Waals surface area contributed by atoms with Crippen LogP contribution in [-0.2, 0) is 25.7 Å². The van der Waals surface area contributed by atoms with Crippen LogP contribution in [-0.4, -0.2) is 9.13 Å². The van der Waals surface area contributed by atoms with Crippen molar-refractivity contribution >= 4 is 110 Å². The average Bonchev–Trinajstić information content (AvgIpc) is 1.01. The van der Waals surface area contributed by atoms with E-state index in [4.69, 9.17) is 0 Å². The summed E-state index contributed by atoms with van der Waals surface area (Å²) < 4.78 is 4.99. The number of anilines is 6. The minimum absolute atomic E-state index is 0.229. The predicted octanol–water partition coefficient (Wildman–Crippen LogP) is 25.1. The third-order valence-corrected chi connectivity index (χ3v) is 21.2. The fourth-order valence-electron chi connectivity index (χ4n) is 16.9. The van der Waals surface area contributed by atoms with E-state index >= 15 is 0 Å². The topological polar surface area (TPSA) is 16.3 Å². The highest BCUT2D eigenvalue weighted by molar-refractivity contribution is 6.31. The molecule has 2 aliphatic carbocycles. The molecule has 0 atom stereocenters. The maximum atomic E-state index is 2.72. The Morgan fingerprint density at radius 2 is 0.617 bits per heavy atom. The van der Waals surface area contributed by atoms with E-state index < -0.39 is 0 Å². The standard InChI is InChI=1S/C90H74N4/c1-57(2)75-55-85(93(77-37-19-29-63-27-11-13-31-67(63)77)83-41-21-39-81-89(83)71-33-15-17-35-79(71)91(81)65-47-43-61(44-48-65)59-23-7-5-8-24-59)73-54-52-70-76(58(3)4)56-86(74-53-51-69(75)87(73)88(70)74)94(78-38-20-30-64-28-12-14-32-68(64)78)84-42-22-40-82-90(84)72-34-16-18-36-80(72)92(82)66-49-45-62(46-50-66)60-25-9-6-10-26-60/h5-10,15-26,29-30,33-58H,11-14,27-28,31-32H2,1-4H3. The maximum Gasteiger partial charge on any atom is 0.0562 e. The van der Waals surface area contributed by atoms with Crippen LogP contribution >= 0.6 is 0 Å². The number of benzene rings is 14. The molecular formula is C90H74N4. The molecule has 0 unspecified atom stereocenters. The van der Waals surface area contributed by atoms with Gasteiger partial charge in [0.1, 0.15) is 0 Å². The first-order valence-corrected chi connectivity index (χ1v) is 34.3. The van der Waals surface area contributed by atoms with Crippen LogP contribution in [0.2, 0.25) is 0 Å². The molecule has 454 valence electrons. The number of hydrogen-bond donors (Lipinski definition) is 0. The third kappa shape index (κ3) is 8.86. The lowest BCUT2D eigenvalue weighted by Gasteiger charge is -2.34. The minimum atomic E-state index is 0.229. The van der Waals surface area contributed by atoms with E-state index in [2.05, 4.69) is 314 Å². The van der Waals surface area contributed by atoms with Crippen LogP contribution in [0.15, 0.2) is 267 Å². The van der Waals surface area contributed by atoms with Crippen molar-refractivity contribution in [3.63, 3.8) is 0 Å². The van der Waals surface area contributed by atoms with E-state index in [9.17, 15) is 0 Å². The van der Waals surface area contributed by atoms with Gasteiger partial charge in [0.05, 0.1) is 44.8 Å². The largest absolute Gasteiger partial charge is 0.309 e. The number of hydrogen-bond acceptors (Lipinski definition) is 2. The number of rotatable bonds is 12. The van der Waals surface area contributed by atoms with Crippen molar-refractivity contribution in [2.45, 2.75) is 90.9 Å². The molecule has 0 bridgehead atoms. The average molecular weight is 1210 g/mol. The van der Waals surface area contributed by atoms with Crippen molar-refractivity contribution in [2.75, 3.05) is 9.80 Å². The first-order chi connectivity index (χ1) is 46.3. The van der Waals surface area contributed by atoms with Gasteiger partial charge in [-0.25, -0.2) is 0 Å². The Bertz CT molecular complexity index is 5260. The Kier molecular flexibility index (Phi) is 13.5. The summed E-state index contributed by atoms with van der Waals surface area (Å²) in [7, 11) is 0. The molecule has 18 rings (SSSR count). The number of aromatic nitrogens is 2. The second kappa shape index (κ2) is 22.6. The SMILES string of the molecule is CC(C)c1cc(N(c2cccc3c2CCCC3)c2cccc3c2c2ccccc2n3-c2ccc(-c3ccccc3)cc2)c2ccc3c(C(C)C)cc(N(c4cccc5c4CCCC5)c4cccc5c4c4ccccc4n5-c4ccc(-c5ccccc5)cc4)c4ccc1c2c34. The number of fused-ring (bicyclic) bond motifs is 8. The number of nitrogens with zero attached hydrogens (tertiary/aromatic N) is 4. The first kappa shape index (κ1) is 56.1. The molecule has 2 heterocycles. The lowest BCUT2D eigenvalue weighted by atomic mass is 9.83. The van der Waals surface area contributed by atoms with Gasteiger partial charge in [0.25, 0.3) is 0 Å². The molecule has 0 fully saturated rings. The van der Waals surface area contributed by atoms with Gasteiger partial charge in [-0.1, -0.05) is 210 Å². The van der Waals surface area contributed by atoms with Crippen molar-refractivity contribution in [1.29, 1.82) is 0 Å². The first-order valence-electron chi connectivity index (χ1n) is 34.3. The smallest absolute Gasteiger partial charge is 0.0562 e. The molecule has 4 heteroatoms. The highest BCUT2D eigenvalue weighted by Gasteiger charge is 2.32. The highest BCUT2D eigenvalue weighted by atomic mass is 15.2. The zero-order chi connectivity index (χ0) is 62.7. The summed E-state index contributed by atoms with van der Waals surface area (Å²) in [5.41, 5.74) is 27.9. The summed E-state index contributed by atoms with van der Waals surface area (Å²) in [5, 5.41) is 12.9. The number of aryl methyl sites for hydroxylation is 2. The zero-order valence-corrected chi connectivity index (χ0v) is 54.0. The lowest BCUT2D eigenvalue weighted by molar-refractivity contribution is 0.686. The van der Waals surface area contributed by atoms with E-state index in [-0.39, 0.29) is 11.8 Å². The van der Waals surface area contributed by atoms with Crippen molar-refractivity contribution in [2.24, 2.45) is 0 Å². The predicted molar refractivity (Wildman–Crippen MR) is 401 cm³/mol. The second-order valence-electron chi connectivity index (χ2n) is 27.1. The van der Waals surface area contributed by atoms with Crippen molar-refractivity contribution in [3.8, 4) is 33.6 Å². The normalized spacial score (nSPS) is 13.4. The molecule has 14 aromatic carbocycles. The molecule has 2 aromatic heterocycles. The molecular weight excluding hydrogens is 1140 g/mol. The molecule has 4 nitrogen and oxygen atoms in total. The van der Waals surface area contributed by atoms with Crippen LogP contribution in [0.3, 0.4) is 0 Å². The van der Waals surface area contributed by atoms with Gasteiger partial charge in [0.15, 0.2) is 0 Å². The van der Waals surface area contributed by atoms with Crippen LogP contribution in [0.5, 0.6) is 0 Å². The Morgan fingerprint density at radius 3 is 1.04 bits per heavy atom. The molecule has 0 N–H and O–H groups in total. The van der Waals surface area contributed by atoms with Gasteiger partial charge in [-0.05, 0) is 225 Å². The Morgan fingerprint density at radius 1 is 0.266 bits per heavy atom. The van der Waals surface area contributed by atoms with Gasteiger partial charge in [0, 0.05) is 55.1 Å². The zero-order valence-electron chi connectivity index (χ0n) is 54.0. The lowest BCUT2D eigenvalue weighted by Crippen LogP contribution is -2.17. The second-order valence-corrected chi connectivity index (χ2v) is 27.1.